The summed E-state index contributed by atoms with van der Waals surface area (Å²) in [5.41, 5.74) is 5.42. The number of piperidine rings is 1. The second-order valence-corrected chi connectivity index (χ2v) is 7.36. The summed E-state index contributed by atoms with van der Waals surface area (Å²) in [4.78, 5) is 0.175. The Hall–Kier alpha value is -0.660. The third-order valence-electron chi connectivity index (χ3n) is 3.56. The van der Waals surface area contributed by atoms with Gasteiger partial charge in [0.2, 0.25) is 10.0 Å². The number of benzene rings is 1. The molecule has 2 N–H and O–H groups in total. The quantitative estimate of drug-likeness (QED) is 0.807. The van der Waals surface area contributed by atoms with Crippen LogP contribution in [-0.2, 0) is 14.8 Å². The maximum Gasteiger partial charge on any atom is 0.244 e. The van der Waals surface area contributed by atoms with Crippen molar-refractivity contribution in [2.24, 2.45) is 5.73 Å². The Bertz CT molecular complexity index is 557. The van der Waals surface area contributed by atoms with Gasteiger partial charge < -0.3 is 10.5 Å². The molecular formula is C14H21ClN2O3S. The van der Waals surface area contributed by atoms with Crippen LogP contribution < -0.4 is 5.73 Å². The highest BCUT2D eigenvalue weighted by Gasteiger charge is 2.30. The van der Waals surface area contributed by atoms with Crippen LogP contribution in [0.25, 0.3) is 0 Å². The van der Waals surface area contributed by atoms with Gasteiger partial charge in [-0.05, 0) is 37.9 Å². The van der Waals surface area contributed by atoms with E-state index >= 15 is 0 Å². The topological polar surface area (TPSA) is 72.6 Å². The van der Waals surface area contributed by atoms with Gasteiger partial charge in [0.1, 0.15) is 4.90 Å². The minimum atomic E-state index is -3.52. The number of sulfonamides is 1. The number of halogens is 1. The van der Waals surface area contributed by atoms with Gasteiger partial charge in [-0.2, -0.15) is 4.31 Å². The molecule has 0 bridgehead atoms. The summed E-state index contributed by atoms with van der Waals surface area (Å²) < 4.78 is 32.3. The van der Waals surface area contributed by atoms with E-state index in [-0.39, 0.29) is 16.0 Å². The van der Waals surface area contributed by atoms with Crippen molar-refractivity contribution in [2.75, 3.05) is 26.2 Å². The van der Waals surface area contributed by atoms with Crippen LogP contribution >= 0.6 is 11.6 Å². The smallest absolute Gasteiger partial charge is 0.244 e. The van der Waals surface area contributed by atoms with E-state index in [9.17, 15) is 8.42 Å². The fourth-order valence-corrected chi connectivity index (χ4v) is 4.33. The highest BCUT2D eigenvalue weighted by Crippen LogP contribution is 2.27. The molecule has 0 spiro atoms. The number of ether oxygens (including phenoxy) is 1. The highest BCUT2D eigenvalue weighted by molar-refractivity contribution is 7.89. The maximum atomic E-state index is 12.6. The minimum Gasteiger partial charge on any atom is -0.378 e. The van der Waals surface area contributed by atoms with Crippen LogP contribution in [0.1, 0.15) is 19.3 Å². The predicted octanol–water partition coefficient (Wildman–Crippen LogP) is 1.86. The first-order chi connectivity index (χ1) is 10.1. The SMILES string of the molecule is NCCCOC1CCN(S(=O)(=O)c2ccccc2Cl)CC1. The molecular weight excluding hydrogens is 312 g/mol. The molecule has 1 saturated heterocycles. The lowest BCUT2D eigenvalue weighted by molar-refractivity contribution is 0.0209. The van der Waals surface area contributed by atoms with Crippen molar-refractivity contribution in [1.82, 2.24) is 4.31 Å². The van der Waals surface area contributed by atoms with Crippen LogP contribution in [0.15, 0.2) is 29.2 Å². The van der Waals surface area contributed by atoms with Crippen LogP contribution in [0.5, 0.6) is 0 Å². The number of nitrogens with two attached hydrogens (primary N) is 1. The Morgan fingerprint density at radius 3 is 2.57 bits per heavy atom. The molecule has 1 aromatic carbocycles. The maximum absolute atomic E-state index is 12.6. The Balaban J connectivity index is 1.97. The van der Waals surface area contributed by atoms with Gasteiger partial charge in [-0.3, -0.25) is 0 Å². The molecule has 1 fully saturated rings. The van der Waals surface area contributed by atoms with Gasteiger partial charge in [0.05, 0.1) is 11.1 Å². The van der Waals surface area contributed by atoms with E-state index < -0.39 is 10.0 Å². The first-order valence-corrected chi connectivity index (χ1v) is 8.94. The van der Waals surface area contributed by atoms with Gasteiger partial charge in [-0.25, -0.2) is 8.42 Å². The van der Waals surface area contributed by atoms with Gasteiger partial charge in [-0.15, -0.1) is 0 Å². The van der Waals surface area contributed by atoms with Crippen LogP contribution in [0, 0.1) is 0 Å². The van der Waals surface area contributed by atoms with Crippen LogP contribution in [0.4, 0.5) is 0 Å². The van der Waals surface area contributed by atoms with E-state index in [1.807, 2.05) is 0 Å². The molecule has 0 radical (unpaired) electrons. The molecule has 0 amide bonds. The fraction of sp³-hybridized carbons (Fsp3) is 0.571. The molecule has 7 heteroatoms. The molecule has 0 aliphatic carbocycles. The van der Waals surface area contributed by atoms with Crippen LogP contribution in [0.2, 0.25) is 5.02 Å². The van der Waals surface area contributed by atoms with E-state index in [2.05, 4.69) is 0 Å². The standard InChI is InChI=1S/C14H21ClN2O3S/c15-13-4-1-2-5-14(13)21(18,19)17-9-6-12(7-10-17)20-11-3-8-16/h1-2,4-5,12H,3,6-11,16H2. The normalized spacial score (nSPS) is 18.0. The van der Waals surface area contributed by atoms with Crippen molar-refractivity contribution in [1.29, 1.82) is 0 Å². The lowest BCUT2D eigenvalue weighted by Crippen LogP contribution is -2.41. The zero-order valence-electron chi connectivity index (χ0n) is 11.9. The summed E-state index contributed by atoms with van der Waals surface area (Å²) in [5.74, 6) is 0. The lowest BCUT2D eigenvalue weighted by Gasteiger charge is -2.31. The summed E-state index contributed by atoms with van der Waals surface area (Å²) in [5, 5.41) is 0.263. The molecule has 21 heavy (non-hydrogen) atoms. The molecule has 5 nitrogen and oxygen atoms in total. The van der Waals surface area contributed by atoms with Gasteiger partial charge in [0.15, 0.2) is 0 Å². The first kappa shape index (κ1) is 16.7. The average molecular weight is 333 g/mol. The molecule has 118 valence electrons. The Kier molecular flexibility index (Phi) is 6.01. The summed E-state index contributed by atoms with van der Waals surface area (Å²) in [7, 11) is -3.52. The van der Waals surface area contributed by atoms with Crippen molar-refractivity contribution in [3.63, 3.8) is 0 Å². The van der Waals surface area contributed by atoms with E-state index in [4.69, 9.17) is 22.1 Å². The van der Waals surface area contributed by atoms with E-state index in [0.29, 0.717) is 39.1 Å². The first-order valence-electron chi connectivity index (χ1n) is 7.12. The second-order valence-electron chi connectivity index (χ2n) is 5.05. The largest absolute Gasteiger partial charge is 0.378 e. The molecule has 0 saturated carbocycles. The van der Waals surface area contributed by atoms with Gasteiger partial charge in [0.25, 0.3) is 0 Å². The number of nitrogens with zero attached hydrogens (tertiary/aromatic N) is 1. The predicted molar refractivity (Wildman–Crippen MR) is 82.9 cm³/mol. The van der Waals surface area contributed by atoms with Gasteiger partial charge >= 0.3 is 0 Å². The van der Waals surface area contributed by atoms with Crippen molar-refractivity contribution in [2.45, 2.75) is 30.3 Å². The zero-order chi connectivity index (χ0) is 15.3. The number of hydrogen-bond acceptors (Lipinski definition) is 4. The lowest BCUT2D eigenvalue weighted by atomic mass is 10.1. The summed E-state index contributed by atoms with van der Waals surface area (Å²) in [6, 6.07) is 6.54. The van der Waals surface area contributed by atoms with Crippen LogP contribution in [-0.4, -0.2) is 45.1 Å². The molecule has 0 aromatic heterocycles. The van der Waals surface area contributed by atoms with Crippen molar-refractivity contribution in [3.8, 4) is 0 Å². The van der Waals surface area contributed by atoms with Crippen LogP contribution in [0.3, 0.4) is 0 Å². The molecule has 1 aromatic rings. The molecule has 1 aliphatic heterocycles. The third kappa shape index (κ3) is 4.17. The average Bonchev–Trinajstić information content (AvgIpc) is 2.48. The molecule has 0 atom stereocenters. The highest BCUT2D eigenvalue weighted by atomic mass is 35.5. The van der Waals surface area contributed by atoms with E-state index in [1.54, 1.807) is 24.3 Å². The minimum absolute atomic E-state index is 0.120. The van der Waals surface area contributed by atoms with E-state index in [1.165, 1.54) is 4.31 Å². The number of hydrogen-bond donors (Lipinski definition) is 1. The molecule has 2 rings (SSSR count). The third-order valence-corrected chi connectivity index (χ3v) is 5.96. The zero-order valence-corrected chi connectivity index (χ0v) is 13.4. The van der Waals surface area contributed by atoms with Crippen molar-refractivity contribution >= 4 is 21.6 Å². The second kappa shape index (κ2) is 7.56. The summed E-state index contributed by atoms with van der Waals surface area (Å²) in [6.07, 6.45) is 2.36. The number of rotatable bonds is 6. The summed E-state index contributed by atoms with van der Waals surface area (Å²) >= 11 is 6.00. The van der Waals surface area contributed by atoms with E-state index in [0.717, 1.165) is 6.42 Å². The van der Waals surface area contributed by atoms with Gasteiger partial charge in [-0.1, -0.05) is 23.7 Å². The monoisotopic (exact) mass is 332 g/mol. The Morgan fingerprint density at radius 1 is 1.29 bits per heavy atom. The fourth-order valence-electron chi connectivity index (χ4n) is 2.37. The van der Waals surface area contributed by atoms with Crippen molar-refractivity contribution < 1.29 is 13.2 Å². The van der Waals surface area contributed by atoms with Gasteiger partial charge in [0, 0.05) is 19.7 Å². The Labute approximate surface area is 131 Å². The summed E-state index contributed by atoms with van der Waals surface area (Å²) in [6.45, 7) is 2.17. The Morgan fingerprint density at radius 2 is 1.95 bits per heavy atom. The molecule has 1 heterocycles. The van der Waals surface area contributed by atoms with Crippen molar-refractivity contribution in [3.05, 3.63) is 29.3 Å². The molecule has 1 aliphatic rings. The molecule has 0 unspecified atom stereocenters.